The first-order chi connectivity index (χ1) is 10.0. The van der Waals surface area contributed by atoms with Crippen LogP contribution < -0.4 is 0 Å². The molecule has 0 heterocycles. The fourth-order valence-corrected chi connectivity index (χ4v) is 2.19. The number of carbonyl (C=O) groups excluding carboxylic acids is 1. The third kappa shape index (κ3) is 3.34. The molecule has 0 spiro atoms. The lowest BCUT2D eigenvalue weighted by atomic mass is 9.90. The Morgan fingerprint density at radius 3 is 1.67 bits per heavy atom. The van der Waals surface area contributed by atoms with Crippen LogP contribution in [0.5, 0.6) is 11.5 Å². The second-order valence-corrected chi connectivity index (χ2v) is 4.97. The van der Waals surface area contributed by atoms with Gasteiger partial charge in [-0.25, -0.2) is 0 Å². The van der Waals surface area contributed by atoms with E-state index < -0.39 is 5.92 Å². The predicted octanol–water partition coefficient (Wildman–Crippen LogP) is 2.71. The van der Waals surface area contributed by atoms with E-state index in [1.807, 2.05) is 6.92 Å². The van der Waals surface area contributed by atoms with Crippen molar-refractivity contribution in [1.82, 2.24) is 4.90 Å². The van der Waals surface area contributed by atoms with E-state index >= 15 is 0 Å². The standard InChI is InChI=1S/C17H19NO3/c1-3-18(2)17(21)16(12-4-8-14(19)9-5-12)13-6-10-15(20)11-7-13/h4-11,16,19-20H,3H2,1-2H3. The molecule has 2 N–H and O–H groups in total. The van der Waals surface area contributed by atoms with E-state index in [1.165, 1.54) is 0 Å². The highest BCUT2D eigenvalue weighted by Gasteiger charge is 2.25. The number of rotatable bonds is 4. The Morgan fingerprint density at radius 2 is 1.33 bits per heavy atom. The van der Waals surface area contributed by atoms with Gasteiger partial charge in [0.15, 0.2) is 0 Å². The molecule has 0 saturated heterocycles. The van der Waals surface area contributed by atoms with Crippen molar-refractivity contribution in [3.05, 3.63) is 59.7 Å². The Bertz CT molecular complexity index is 559. The van der Waals surface area contributed by atoms with E-state index in [0.717, 1.165) is 11.1 Å². The van der Waals surface area contributed by atoms with E-state index in [1.54, 1.807) is 60.5 Å². The molecule has 2 aromatic carbocycles. The van der Waals surface area contributed by atoms with Gasteiger partial charge < -0.3 is 15.1 Å². The highest BCUT2D eigenvalue weighted by molar-refractivity contribution is 5.87. The second-order valence-electron chi connectivity index (χ2n) is 4.97. The Balaban J connectivity index is 2.45. The number of amides is 1. The molecule has 0 saturated carbocycles. The SMILES string of the molecule is CCN(C)C(=O)C(c1ccc(O)cc1)c1ccc(O)cc1. The first kappa shape index (κ1) is 14.9. The smallest absolute Gasteiger partial charge is 0.234 e. The van der Waals surface area contributed by atoms with Gasteiger partial charge in [0.1, 0.15) is 11.5 Å². The third-order valence-electron chi connectivity index (χ3n) is 3.55. The van der Waals surface area contributed by atoms with Crippen molar-refractivity contribution in [2.75, 3.05) is 13.6 Å². The maximum Gasteiger partial charge on any atom is 0.234 e. The maximum atomic E-state index is 12.6. The van der Waals surface area contributed by atoms with Crippen LogP contribution in [-0.2, 0) is 4.79 Å². The van der Waals surface area contributed by atoms with Gasteiger partial charge in [0.05, 0.1) is 5.92 Å². The number of hydrogen-bond acceptors (Lipinski definition) is 3. The summed E-state index contributed by atoms with van der Waals surface area (Å²) in [5.41, 5.74) is 1.62. The number of likely N-dealkylation sites (N-methyl/N-ethyl adjacent to an activating group) is 1. The van der Waals surface area contributed by atoms with Crippen molar-refractivity contribution in [2.24, 2.45) is 0 Å². The fraction of sp³-hybridized carbons (Fsp3) is 0.235. The molecule has 0 aromatic heterocycles. The summed E-state index contributed by atoms with van der Waals surface area (Å²) in [6.07, 6.45) is 0. The van der Waals surface area contributed by atoms with Crippen molar-refractivity contribution >= 4 is 5.91 Å². The summed E-state index contributed by atoms with van der Waals surface area (Å²) in [5.74, 6) is -0.135. The minimum atomic E-state index is -0.448. The van der Waals surface area contributed by atoms with Crippen LogP contribution in [-0.4, -0.2) is 34.6 Å². The summed E-state index contributed by atoms with van der Waals surface area (Å²) in [6, 6.07) is 13.3. The molecule has 0 bridgehead atoms. The molecule has 0 aliphatic carbocycles. The van der Waals surface area contributed by atoms with Crippen LogP contribution in [0.1, 0.15) is 24.0 Å². The molecular weight excluding hydrogens is 266 g/mol. The minimum Gasteiger partial charge on any atom is -0.508 e. The Morgan fingerprint density at radius 1 is 0.952 bits per heavy atom. The van der Waals surface area contributed by atoms with E-state index in [9.17, 15) is 15.0 Å². The Labute approximate surface area is 124 Å². The molecule has 0 unspecified atom stereocenters. The van der Waals surface area contributed by atoms with Crippen LogP contribution in [0, 0.1) is 0 Å². The normalized spacial score (nSPS) is 10.6. The lowest BCUT2D eigenvalue weighted by molar-refractivity contribution is -0.130. The highest BCUT2D eigenvalue weighted by Crippen LogP contribution is 2.29. The van der Waals surface area contributed by atoms with E-state index in [4.69, 9.17) is 0 Å². The average molecular weight is 285 g/mol. The molecule has 110 valence electrons. The molecule has 0 atom stereocenters. The Hall–Kier alpha value is -2.49. The molecule has 1 amide bonds. The van der Waals surface area contributed by atoms with Gasteiger partial charge in [0.2, 0.25) is 5.91 Å². The predicted molar refractivity (Wildman–Crippen MR) is 81.4 cm³/mol. The number of carbonyl (C=O) groups is 1. The van der Waals surface area contributed by atoms with Crippen LogP contribution in [0.15, 0.2) is 48.5 Å². The topological polar surface area (TPSA) is 60.8 Å². The van der Waals surface area contributed by atoms with Gasteiger partial charge in [0, 0.05) is 13.6 Å². The third-order valence-corrected chi connectivity index (χ3v) is 3.55. The van der Waals surface area contributed by atoms with Gasteiger partial charge in [-0.2, -0.15) is 0 Å². The van der Waals surface area contributed by atoms with Gasteiger partial charge in [-0.3, -0.25) is 4.79 Å². The zero-order valence-electron chi connectivity index (χ0n) is 12.2. The van der Waals surface area contributed by atoms with Crippen molar-refractivity contribution in [2.45, 2.75) is 12.8 Å². The van der Waals surface area contributed by atoms with Gasteiger partial charge >= 0.3 is 0 Å². The van der Waals surface area contributed by atoms with Gasteiger partial charge in [-0.1, -0.05) is 24.3 Å². The molecule has 0 radical (unpaired) electrons. The maximum absolute atomic E-state index is 12.6. The first-order valence-corrected chi connectivity index (χ1v) is 6.85. The molecule has 0 aliphatic heterocycles. The summed E-state index contributed by atoms with van der Waals surface area (Å²) < 4.78 is 0. The molecule has 2 rings (SSSR count). The van der Waals surface area contributed by atoms with Gasteiger partial charge in [-0.05, 0) is 42.3 Å². The van der Waals surface area contributed by atoms with Crippen molar-refractivity contribution in [3.8, 4) is 11.5 Å². The summed E-state index contributed by atoms with van der Waals surface area (Å²) in [7, 11) is 1.76. The second kappa shape index (κ2) is 6.31. The van der Waals surface area contributed by atoms with Crippen LogP contribution in [0.25, 0.3) is 0 Å². The Kier molecular flexibility index (Phi) is 4.48. The number of hydrogen-bond donors (Lipinski definition) is 2. The van der Waals surface area contributed by atoms with Crippen LogP contribution in [0.2, 0.25) is 0 Å². The number of benzene rings is 2. The van der Waals surface area contributed by atoms with Gasteiger partial charge in [0.25, 0.3) is 0 Å². The molecule has 2 aromatic rings. The molecule has 21 heavy (non-hydrogen) atoms. The highest BCUT2D eigenvalue weighted by atomic mass is 16.3. The van der Waals surface area contributed by atoms with E-state index in [2.05, 4.69) is 0 Å². The average Bonchev–Trinajstić information content (AvgIpc) is 2.50. The molecule has 4 nitrogen and oxygen atoms in total. The number of phenols is 2. The number of nitrogens with zero attached hydrogens (tertiary/aromatic N) is 1. The van der Waals surface area contributed by atoms with E-state index in [0.29, 0.717) is 6.54 Å². The van der Waals surface area contributed by atoms with E-state index in [-0.39, 0.29) is 17.4 Å². The monoisotopic (exact) mass is 285 g/mol. The molecular formula is C17H19NO3. The van der Waals surface area contributed by atoms with Crippen molar-refractivity contribution in [3.63, 3.8) is 0 Å². The zero-order valence-corrected chi connectivity index (χ0v) is 12.2. The summed E-state index contributed by atoms with van der Waals surface area (Å²) >= 11 is 0. The fourth-order valence-electron chi connectivity index (χ4n) is 2.19. The van der Waals surface area contributed by atoms with Crippen LogP contribution >= 0.6 is 0 Å². The van der Waals surface area contributed by atoms with Crippen LogP contribution in [0.3, 0.4) is 0 Å². The lowest BCUT2D eigenvalue weighted by Gasteiger charge is -2.23. The summed E-state index contributed by atoms with van der Waals surface area (Å²) in [4.78, 5) is 14.3. The largest absolute Gasteiger partial charge is 0.508 e. The molecule has 4 heteroatoms. The lowest BCUT2D eigenvalue weighted by Crippen LogP contribution is -2.32. The van der Waals surface area contributed by atoms with Crippen LogP contribution in [0.4, 0.5) is 0 Å². The zero-order chi connectivity index (χ0) is 15.4. The van der Waals surface area contributed by atoms with Crippen molar-refractivity contribution < 1.29 is 15.0 Å². The molecule has 0 aliphatic rings. The molecule has 0 fully saturated rings. The van der Waals surface area contributed by atoms with Gasteiger partial charge in [-0.15, -0.1) is 0 Å². The first-order valence-electron chi connectivity index (χ1n) is 6.85. The summed E-state index contributed by atoms with van der Waals surface area (Å²) in [6.45, 7) is 2.54. The summed E-state index contributed by atoms with van der Waals surface area (Å²) in [5, 5.41) is 18.8. The number of phenolic OH excluding ortho intramolecular Hbond substituents is 2. The minimum absolute atomic E-state index is 0.0196. The quantitative estimate of drug-likeness (QED) is 0.908. The number of aromatic hydroxyl groups is 2. The van der Waals surface area contributed by atoms with Crippen molar-refractivity contribution in [1.29, 1.82) is 0 Å².